The van der Waals surface area contributed by atoms with E-state index in [1.165, 1.54) is 27.4 Å². The fourth-order valence-electron chi connectivity index (χ4n) is 2.19. The molecule has 1 nitrogen and oxygen atoms in total. The molecule has 1 heteroatoms. The maximum absolute atomic E-state index is 5.38. The average molecular weight is 205 g/mol. The Kier molecular flexibility index (Phi) is 1.94. The fourth-order valence-corrected chi connectivity index (χ4v) is 2.19. The number of rotatable bonds is 1. The molecule has 0 aliphatic carbocycles. The fraction of sp³-hybridized carbons (Fsp3) is 0.0667. The number of aromatic amines is 1. The van der Waals surface area contributed by atoms with Gasteiger partial charge in [0.25, 0.3) is 0 Å². The maximum Gasteiger partial charge on any atom is 0.0507 e. The van der Waals surface area contributed by atoms with E-state index in [9.17, 15) is 0 Å². The number of benzene rings is 2. The quantitative estimate of drug-likeness (QED) is 0.585. The number of fused-ring (bicyclic) bond motifs is 3. The van der Waals surface area contributed by atoms with Gasteiger partial charge in [-0.3, -0.25) is 0 Å². The molecule has 0 bridgehead atoms. The predicted octanol–water partition coefficient (Wildman–Crippen LogP) is 3.50. The summed E-state index contributed by atoms with van der Waals surface area (Å²) < 4.78 is 0. The summed E-state index contributed by atoms with van der Waals surface area (Å²) in [5.74, 6) is 2.70. The van der Waals surface area contributed by atoms with Crippen LogP contribution in [0.5, 0.6) is 0 Å². The minimum absolute atomic E-state index is 0.671. The van der Waals surface area contributed by atoms with Gasteiger partial charge in [-0.1, -0.05) is 36.4 Å². The molecule has 1 N–H and O–H groups in total. The molecule has 2 aromatic carbocycles. The first-order valence-electron chi connectivity index (χ1n) is 5.32. The number of terminal acetylenes is 1. The highest BCUT2D eigenvalue weighted by atomic mass is 14.7. The van der Waals surface area contributed by atoms with Crippen LogP contribution in [0.15, 0.2) is 42.5 Å². The number of hydrogen-bond acceptors (Lipinski definition) is 0. The zero-order valence-electron chi connectivity index (χ0n) is 8.83. The van der Waals surface area contributed by atoms with E-state index < -0.39 is 0 Å². The monoisotopic (exact) mass is 205 g/mol. The lowest BCUT2D eigenvalue weighted by atomic mass is 10.1. The molecule has 3 aromatic rings. The summed E-state index contributed by atoms with van der Waals surface area (Å²) in [4.78, 5) is 3.44. The summed E-state index contributed by atoms with van der Waals surface area (Å²) in [7, 11) is 0. The molecule has 0 saturated heterocycles. The molecular weight excluding hydrogens is 194 g/mol. The minimum atomic E-state index is 0.671. The van der Waals surface area contributed by atoms with E-state index in [0.717, 1.165) is 0 Å². The van der Waals surface area contributed by atoms with E-state index in [1.807, 2.05) is 6.07 Å². The van der Waals surface area contributed by atoms with Gasteiger partial charge in [0.2, 0.25) is 0 Å². The van der Waals surface area contributed by atoms with Crippen molar-refractivity contribution in [2.45, 2.75) is 6.42 Å². The van der Waals surface area contributed by atoms with Crippen molar-refractivity contribution >= 4 is 21.8 Å². The van der Waals surface area contributed by atoms with Crippen molar-refractivity contribution in [1.29, 1.82) is 0 Å². The molecule has 76 valence electrons. The molecule has 3 rings (SSSR count). The molecular formula is C15H11N. The normalized spacial score (nSPS) is 10.7. The van der Waals surface area contributed by atoms with Crippen molar-refractivity contribution in [3.05, 3.63) is 48.0 Å². The second kappa shape index (κ2) is 3.43. The van der Waals surface area contributed by atoms with Crippen LogP contribution in [0.3, 0.4) is 0 Å². The largest absolute Gasteiger partial charge is 0.354 e. The van der Waals surface area contributed by atoms with Crippen LogP contribution in [0.25, 0.3) is 21.8 Å². The second-order valence-corrected chi connectivity index (χ2v) is 3.89. The van der Waals surface area contributed by atoms with Gasteiger partial charge in [0.1, 0.15) is 0 Å². The third-order valence-corrected chi connectivity index (χ3v) is 2.92. The third-order valence-electron chi connectivity index (χ3n) is 2.92. The number of nitrogens with one attached hydrogen (secondary N) is 1. The van der Waals surface area contributed by atoms with E-state index >= 15 is 0 Å². The van der Waals surface area contributed by atoms with E-state index in [-0.39, 0.29) is 0 Å². The van der Waals surface area contributed by atoms with Crippen LogP contribution in [-0.4, -0.2) is 4.98 Å². The number of H-pyrrole nitrogens is 1. The third kappa shape index (κ3) is 1.20. The maximum atomic E-state index is 5.38. The highest BCUT2D eigenvalue weighted by molar-refractivity contribution is 6.08. The zero-order chi connectivity index (χ0) is 11.0. The SMILES string of the molecule is C#CCc1cccc2c1[nH]c1ccccc12. The topological polar surface area (TPSA) is 15.8 Å². The minimum Gasteiger partial charge on any atom is -0.354 e. The first-order chi connectivity index (χ1) is 7.90. The summed E-state index contributed by atoms with van der Waals surface area (Å²) >= 11 is 0. The van der Waals surface area contributed by atoms with Gasteiger partial charge in [0, 0.05) is 22.7 Å². The smallest absolute Gasteiger partial charge is 0.0507 e. The molecule has 0 spiro atoms. The van der Waals surface area contributed by atoms with Gasteiger partial charge in [-0.25, -0.2) is 0 Å². The Balaban J connectivity index is 2.45. The Morgan fingerprint density at radius 2 is 1.81 bits per heavy atom. The lowest BCUT2D eigenvalue weighted by molar-refractivity contribution is 1.33. The molecule has 0 aliphatic rings. The Labute approximate surface area is 94.1 Å². The molecule has 1 heterocycles. The van der Waals surface area contributed by atoms with Gasteiger partial charge in [0.15, 0.2) is 0 Å². The Morgan fingerprint density at radius 3 is 2.69 bits per heavy atom. The van der Waals surface area contributed by atoms with Crippen molar-refractivity contribution in [3.8, 4) is 12.3 Å². The highest BCUT2D eigenvalue weighted by Gasteiger charge is 2.05. The molecule has 0 atom stereocenters. The molecule has 0 unspecified atom stereocenters. The first kappa shape index (κ1) is 9.06. The average Bonchev–Trinajstić information content (AvgIpc) is 2.69. The van der Waals surface area contributed by atoms with Crippen molar-refractivity contribution in [2.24, 2.45) is 0 Å². The van der Waals surface area contributed by atoms with Crippen LogP contribution in [0, 0.1) is 12.3 Å². The van der Waals surface area contributed by atoms with Crippen LogP contribution in [0.2, 0.25) is 0 Å². The van der Waals surface area contributed by atoms with Gasteiger partial charge in [-0.2, -0.15) is 0 Å². The molecule has 0 radical (unpaired) electrons. The van der Waals surface area contributed by atoms with Crippen LogP contribution in [0.4, 0.5) is 0 Å². The van der Waals surface area contributed by atoms with E-state index in [4.69, 9.17) is 6.42 Å². The van der Waals surface area contributed by atoms with Crippen molar-refractivity contribution in [3.63, 3.8) is 0 Å². The van der Waals surface area contributed by atoms with Gasteiger partial charge >= 0.3 is 0 Å². The lowest BCUT2D eigenvalue weighted by Crippen LogP contribution is -1.82. The van der Waals surface area contributed by atoms with Crippen LogP contribution in [0.1, 0.15) is 5.56 Å². The summed E-state index contributed by atoms with van der Waals surface area (Å²) in [6, 6.07) is 14.6. The predicted molar refractivity (Wildman–Crippen MR) is 68.3 cm³/mol. The van der Waals surface area contributed by atoms with E-state index in [2.05, 4.69) is 47.3 Å². The van der Waals surface area contributed by atoms with Crippen LogP contribution in [-0.2, 0) is 6.42 Å². The van der Waals surface area contributed by atoms with E-state index in [0.29, 0.717) is 6.42 Å². The van der Waals surface area contributed by atoms with Gasteiger partial charge < -0.3 is 4.98 Å². The van der Waals surface area contributed by atoms with Crippen molar-refractivity contribution < 1.29 is 0 Å². The van der Waals surface area contributed by atoms with Gasteiger partial charge in [0.05, 0.1) is 5.52 Å². The standard InChI is InChI=1S/C15H11N/c1-2-6-11-7-5-9-13-12-8-3-4-10-14(12)16-15(11)13/h1,3-5,7-10,16H,6H2. The summed E-state index contributed by atoms with van der Waals surface area (Å²) in [5, 5.41) is 2.51. The number of para-hydroxylation sites is 2. The summed E-state index contributed by atoms with van der Waals surface area (Å²) in [6.45, 7) is 0. The van der Waals surface area contributed by atoms with Gasteiger partial charge in [-0.05, 0) is 11.6 Å². The van der Waals surface area contributed by atoms with Gasteiger partial charge in [-0.15, -0.1) is 12.3 Å². The Hall–Kier alpha value is -2.20. The molecule has 0 amide bonds. The van der Waals surface area contributed by atoms with E-state index in [1.54, 1.807) is 0 Å². The second-order valence-electron chi connectivity index (χ2n) is 3.89. The highest BCUT2D eigenvalue weighted by Crippen LogP contribution is 2.27. The molecule has 0 aliphatic heterocycles. The van der Waals surface area contributed by atoms with Crippen LogP contribution < -0.4 is 0 Å². The summed E-state index contributed by atoms with van der Waals surface area (Å²) in [6.07, 6.45) is 6.05. The zero-order valence-corrected chi connectivity index (χ0v) is 8.83. The molecule has 0 fully saturated rings. The molecule has 0 saturated carbocycles. The molecule has 1 aromatic heterocycles. The number of aromatic nitrogens is 1. The lowest BCUT2D eigenvalue weighted by Gasteiger charge is -1.97. The summed E-state index contributed by atoms with van der Waals surface area (Å²) in [5.41, 5.74) is 3.53. The molecule has 16 heavy (non-hydrogen) atoms. The Bertz CT molecular complexity index is 698. The van der Waals surface area contributed by atoms with Crippen molar-refractivity contribution in [1.82, 2.24) is 4.98 Å². The Morgan fingerprint density at radius 1 is 1.00 bits per heavy atom. The first-order valence-corrected chi connectivity index (χ1v) is 5.32. The number of hydrogen-bond donors (Lipinski definition) is 1. The van der Waals surface area contributed by atoms with Crippen LogP contribution >= 0.6 is 0 Å². The van der Waals surface area contributed by atoms with Crippen molar-refractivity contribution in [2.75, 3.05) is 0 Å².